The van der Waals surface area contributed by atoms with Crippen LogP contribution in [0.1, 0.15) is 32.7 Å². The molecule has 9 heteroatoms. The monoisotopic (exact) mass is 469 g/mol. The zero-order valence-electron chi connectivity index (χ0n) is 19.2. The Kier molecular flexibility index (Phi) is 6.68. The van der Waals surface area contributed by atoms with Gasteiger partial charge in [0, 0.05) is 35.1 Å². The van der Waals surface area contributed by atoms with Crippen molar-refractivity contribution in [1.29, 1.82) is 0 Å². The SMILES string of the molecule is Cc1ccccc1NCC(=O)N/N=C\c1c(C)c(C(=O)c2cccc([N+](=O)[O-])c2)n2ccccc12. The number of hydrogen-bond acceptors (Lipinski definition) is 6. The highest BCUT2D eigenvalue weighted by Crippen LogP contribution is 2.25. The number of pyridine rings is 1. The normalized spacial score (nSPS) is 11.0. The number of para-hydroxylation sites is 1. The minimum absolute atomic E-state index is 0.0498. The number of ketones is 1. The van der Waals surface area contributed by atoms with E-state index in [0.717, 1.165) is 16.8 Å². The van der Waals surface area contributed by atoms with Crippen LogP contribution in [0.4, 0.5) is 11.4 Å². The molecule has 1 amide bonds. The van der Waals surface area contributed by atoms with Gasteiger partial charge < -0.3 is 9.72 Å². The van der Waals surface area contributed by atoms with Crippen LogP contribution in [-0.4, -0.2) is 33.8 Å². The van der Waals surface area contributed by atoms with Crippen molar-refractivity contribution in [1.82, 2.24) is 9.83 Å². The summed E-state index contributed by atoms with van der Waals surface area (Å²) in [5.41, 5.74) is 6.84. The maximum absolute atomic E-state index is 13.3. The molecule has 2 aromatic carbocycles. The number of carbonyl (C=O) groups excluding carboxylic acids is 2. The first-order chi connectivity index (χ1) is 16.9. The minimum Gasteiger partial charge on any atom is -0.376 e. The number of hydrogen-bond donors (Lipinski definition) is 2. The molecule has 9 nitrogen and oxygen atoms in total. The Hall–Kier alpha value is -4.79. The Morgan fingerprint density at radius 1 is 1.06 bits per heavy atom. The van der Waals surface area contributed by atoms with Crippen molar-refractivity contribution in [3.05, 3.63) is 111 Å². The van der Waals surface area contributed by atoms with E-state index in [2.05, 4.69) is 15.8 Å². The molecular formula is C26H23N5O4. The largest absolute Gasteiger partial charge is 0.376 e. The Morgan fingerprint density at radius 2 is 1.83 bits per heavy atom. The van der Waals surface area contributed by atoms with Crippen molar-refractivity contribution < 1.29 is 14.5 Å². The molecule has 0 unspecified atom stereocenters. The fourth-order valence-corrected chi connectivity index (χ4v) is 3.85. The first-order valence-corrected chi connectivity index (χ1v) is 10.9. The van der Waals surface area contributed by atoms with Crippen molar-refractivity contribution in [2.45, 2.75) is 13.8 Å². The second-order valence-electron chi connectivity index (χ2n) is 7.94. The lowest BCUT2D eigenvalue weighted by molar-refractivity contribution is -0.384. The van der Waals surface area contributed by atoms with Crippen LogP contribution < -0.4 is 10.7 Å². The molecule has 0 aliphatic carbocycles. The number of nitrogens with zero attached hydrogens (tertiary/aromatic N) is 3. The molecule has 0 aliphatic rings. The van der Waals surface area contributed by atoms with E-state index in [0.29, 0.717) is 16.8 Å². The number of carbonyl (C=O) groups is 2. The van der Waals surface area contributed by atoms with Gasteiger partial charge in [0.2, 0.25) is 5.78 Å². The zero-order valence-corrected chi connectivity index (χ0v) is 19.2. The van der Waals surface area contributed by atoms with E-state index in [1.165, 1.54) is 24.4 Å². The zero-order chi connectivity index (χ0) is 24.9. The molecule has 0 spiro atoms. The van der Waals surface area contributed by atoms with Gasteiger partial charge in [-0.2, -0.15) is 5.10 Å². The predicted octanol–water partition coefficient (Wildman–Crippen LogP) is 4.26. The fraction of sp³-hybridized carbons (Fsp3) is 0.115. The van der Waals surface area contributed by atoms with E-state index >= 15 is 0 Å². The molecule has 0 aliphatic heterocycles. The molecule has 0 fully saturated rings. The molecule has 0 saturated carbocycles. The smallest absolute Gasteiger partial charge is 0.270 e. The lowest BCUT2D eigenvalue weighted by atomic mass is 10.0. The Labute approximate surface area is 201 Å². The summed E-state index contributed by atoms with van der Waals surface area (Å²) in [5.74, 6) is -0.669. The number of nitro benzene ring substituents is 1. The average molecular weight is 470 g/mol. The Balaban J connectivity index is 1.57. The van der Waals surface area contributed by atoms with Crippen LogP contribution in [0.15, 0.2) is 78.0 Å². The second-order valence-corrected chi connectivity index (χ2v) is 7.94. The number of fused-ring (bicyclic) bond motifs is 1. The number of nitrogens with one attached hydrogen (secondary N) is 2. The molecule has 35 heavy (non-hydrogen) atoms. The number of rotatable bonds is 8. The van der Waals surface area contributed by atoms with E-state index in [9.17, 15) is 19.7 Å². The number of nitro groups is 1. The van der Waals surface area contributed by atoms with Gasteiger partial charge in [-0.25, -0.2) is 5.43 Å². The summed E-state index contributed by atoms with van der Waals surface area (Å²) in [4.78, 5) is 36.2. The number of aryl methyl sites for hydroxylation is 1. The highest BCUT2D eigenvalue weighted by Gasteiger charge is 2.22. The molecule has 0 radical (unpaired) electrons. The topological polar surface area (TPSA) is 118 Å². The highest BCUT2D eigenvalue weighted by molar-refractivity contribution is 6.12. The first-order valence-electron chi connectivity index (χ1n) is 10.9. The summed E-state index contributed by atoms with van der Waals surface area (Å²) in [6.45, 7) is 3.78. The molecule has 2 heterocycles. The van der Waals surface area contributed by atoms with Crippen molar-refractivity contribution in [2.75, 3.05) is 11.9 Å². The van der Waals surface area contributed by atoms with Crippen molar-refractivity contribution in [3.8, 4) is 0 Å². The van der Waals surface area contributed by atoms with Gasteiger partial charge in [0.05, 0.1) is 28.9 Å². The molecule has 2 aromatic heterocycles. The van der Waals surface area contributed by atoms with E-state index in [-0.39, 0.29) is 29.5 Å². The second kappa shape index (κ2) is 10.0. The highest BCUT2D eigenvalue weighted by atomic mass is 16.6. The molecule has 176 valence electrons. The number of benzene rings is 2. The third-order valence-electron chi connectivity index (χ3n) is 5.64. The van der Waals surface area contributed by atoms with Gasteiger partial charge in [0.1, 0.15) is 0 Å². The summed E-state index contributed by atoms with van der Waals surface area (Å²) >= 11 is 0. The van der Waals surface area contributed by atoms with Crippen LogP contribution in [0.25, 0.3) is 5.52 Å². The third kappa shape index (κ3) is 4.93. The number of hydrazone groups is 1. The summed E-state index contributed by atoms with van der Waals surface area (Å²) in [6, 6.07) is 18.7. The van der Waals surface area contributed by atoms with Gasteiger partial charge in [-0.15, -0.1) is 0 Å². The summed E-state index contributed by atoms with van der Waals surface area (Å²) in [6.07, 6.45) is 3.25. The molecular weight excluding hydrogens is 446 g/mol. The standard InChI is InChI=1S/C26H23N5O4/c1-17-8-3-4-11-22(17)27-16-24(32)29-28-15-21-18(2)25(30-13-6-5-12-23(21)30)26(33)19-9-7-10-20(14-19)31(34)35/h3-15,27H,16H2,1-2H3,(H,29,32)/b28-15-. The van der Waals surface area contributed by atoms with E-state index in [1.54, 1.807) is 29.7 Å². The third-order valence-corrected chi connectivity index (χ3v) is 5.64. The Morgan fingerprint density at radius 3 is 2.60 bits per heavy atom. The van der Waals surface area contributed by atoms with Crippen LogP contribution in [-0.2, 0) is 4.79 Å². The van der Waals surface area contributed by atoms with Crippen LogP contribution in [0.2, 0.25) is 0 Å². The van der Waals surface area contributed by atoms with Crippen molar-refractivity contribution in [3.63, 3.8) is 0 Å². The first kappa shape index (κ1) is 23.4. The number of amides is 1. The molecule has 2 N–H and O–H groups in total. The van der Waals surface area contributed by atoms with Gasteiger partial charge in [-0.3, -0.25) is 19.7 Å². The van der Waals surface area contributed by atoms with Gasteiger partial charge in [-0.1, -0.05) is 36.4 Å². The van der Waals surface area contributed by atoms with Gasteiger partial charge in [-0.05, 0) is 43.2 Å². The van der Waals surface area contributed by atoms with Crippen LogP contribution in [0.3, 0.4) is 0 Å². The quantitative estimate of drug-likeness (QED) is 0.173. The molecule has 0 atom stereocenters. The lowest BCUT2D eigenvalue weighted by Crippen LogP contribution is -2.26. The number of non-ortho nitro benzene ring substituents is 1. The van der Waals surface area contributed by atoms with E-state index < -0.39 is 4.92 Å². The molecule has 4 aromatic rings. The Bertz CT molecular complexity index is 1470. The van der Waals surface area contributed by atoms with Gasteiger partial charge in [0.25, 0.3) is 11.6 Å². The van der Waals surface area contributed by atoms with Crippen molar-refractivity contribution >= 4 is 34.8 Å². The summed E-state index contributed by atoms with van der Waals surface area (Å²) in [5, 5.41) is 18.3. The van der Waals surface area contributed by atoms with Crippen molar-refractivity contribution in [2.24, 2.45) is 5.10 Å². The molecule has 0 bridgehead atoms. The summed E-state index contributed by atoms with van der Waals surface area (Å²) in [7, 11) is 0. The van der Waals surface area contributed by atoms with Gasteiger partial charge >= 0.3 is 0 Å². The lowest BCUT2D eigenvalue weighted by Gasteiger charge is -2.07. The molecule has 0 saturated heterocycles. The number of anilines is 1. The average Bonchev–Trinajstić information content (AvgIpc) is 3.14. The summed E-state index contributed by atoms with van der Waals surface area (Å²) < 4.78 is 1.72. The van der Waals surface area contributed by atoms with Crippen LogP contribution >= 0.6 is 0 Å². The fourth-order valence-electron chi connectivity index (χ4n) is 3.85. The van der Waals surface area contributed by atoms with E-state index in [4.69, 9.17) is 0 Å². The maximum atomic E-state index is 13.3. The van der Waals surface area contributed by atoms with Crippen LogP contribution in [0, 0.1) is 24.0 Å². The van der Waals surface area contributed by atoms with Gasteiger partial charge in [0.15, 0.2) is 0 Å². The predicted molar refractivity (Wildman–Crippen MR) is 134 cm³/mol. The minimum atomic E-state index is -0.533. The maximum Gasteiger partial charge on any atom is 0.270 e. The van der Waals surface area contributed by atoms with Crippen LogP contribution in [0.5, 0.6) is 0 Å². The number of aromatic nitrogens is 1. The molecule has 4 rings (SSSR count). The van der Waals surface area contributed by atoms with E-state index in [1.807, 2.05) is 43.3 Å².